The van der Waals surface area contributed by atoms with Gasteiger partial charge in [0.25, 0.3) is 0 Å². The van der Waals surface area contributed by atoms with Crippen molar-refractivity contribution in [3.05, 3.63) is 23.7 Å². The topological polar surface area (TPSA) is 66.6 Å². The first-order valence-electron chi connectivity index (χ1n) is 6.59. The molecule has 1 aromatic rings. The molecule has 2 heterocycles. The van der Waals surface area contributed by atoms with Crippen LogP contribution in [0.25, 0.3) is 6.08 Å². The van der Waals surface area contributed by atoms with Gasteiger partial charge in [0.15, 0.2) is 0 Å². The molecule has 0 unspecified atom stereocenters. The Labute approximate surface area is 120 Å². The minimum Gasteiger partial charge on any atom is -0.481 e. The summed E-state index contributed by atoms with van der Waals surface area (Å²) < 4.78 is 17.0. The van der Waals surface area contributed by atoms with Crippen molar-refractivity contribution in [3.63, 3.8) is 0 Å². The highest BCUT2D eigenvalue weighted by molar-refractivity contribution is 6.52. The van der Waals surface area contributed by atoms with Crippen LogP contribution in [0.2, 0.25) is 0 Å². The van der Waals surface area contributed by atoms with E-state index < -0.39 is 0 Å². The van der Waals surface area contributed by atoms with Crippen LogP contribution >= 0.6 is 0 Å². The van der Waals surface area contributed by atoms with Crippen molar-refractivity contribution >= 4 is 19.0 Å². The Hall–Kier alpha value is -1.53. The standard InChI is InChI=1S/C14H21BN2O3/c1-13(2)14(3,4)20-15(19-13)9-8-10-6-7-11(16)17-12(10)18-5/h6-9H,1-5H3,(H2,16,17)/b9-8+. The number of pyridine rings is 1. The van der Waals surface area contributed by atoms with Gasteiger partial charge in [0, 0.05) is 5.56 Å². The normalized spacial score (nSPS) is 20.6. The van der Waals surface area contributed by atoms with E-state index in [1.165, 1.54) is 0 Å². The summed E-state index contributed by atoms with van der Waals surface area (Å²) in [5.74, 6) is 2.76. The second-order valence-corrected chi connectivity index (χ2v) is 5.82. The summed E-state index contributed by atoms with van der Waals surface area (Å²) in [5.41, 5.74) is 5.77. The number of methoxy groups -OCH3 is 1. The summed E-state index contributed by atoms with van der Waals surface area (Å²) in [6, 6.07) is 3.58. The molecule has 0 bridgehead atoms. The summed E-state index contributed by atoms with van der Waals surface area (Å²) in [6.07, 6.45) is 1.87. The molecule has 2 rings (SSSR count). The maximum atomic E-state index is 5.89. The van der Waals surface area contributed by atoms with Gasteiger partial charge in [0.2, 0.25) is 5.88 Å². The first kappa shape index (κ1) is 14.9. The first-order valence-corrected chi connectivity index (χ1v) is 6.59. The van der Waals surface area contributed by atoms with E-state index >= 15 is 0 Å². The molecule has 0 aliphatic carbocycles. The van der Waals surface area contributed by atoms with Crippen LogP contribution in [0.3, 0.4) is 0 Å². The molecule has 1 aliphatic heterocycles. The van der Waals surface area contributed by atoms with Crippen LogP contribution < -0.4 is 10.5 Å². The van der Waals surface area contributed by atoms with Crippen LogP contribution in [0, 0.1) is 0 Å². The van der Waals surface area contributed by atoms with Crippen LogP contribution in [0.15, 0.2) is 18.1 Å². The van der Waals surface area contributed by atoms with Crippen molar-refractivity contribution in [1.82, 2.24) is 4.98 Å². The molecule has 1 fully saturated rings. The largest absolute Gasteiger partial charge is 0.487 e. The molecule has 5 nitrogen and oxygen atoms in total. The zero-order valence-corrected chi connectivity index (χ0v) is 12.6. The summed E-state index contributed by atoms with van der Waals surface area (Å²) in [5, 5.41) is 0. The Balaban J connectivity index is 2.16. The van der Waals surface area contributed by atoms with E-state index in [2.05, 4.69) is 4.98 Å². The summed E-state index contributed by atoms with van der Waals surface area (Å²) in [4.78, 5) is 4.12. The van der Waals surface area contributed by atoms with Crippen LogP contribution in [0.4, 0.5) is 5.82 Å². The molecular formula is C14H21BN2O3. The maximum absolute atomic E-state index is 5.89. The smallest absolute Gasteiger partial charge is 0.481 e. The van der Waals surface area contributed by atoms with Crippen LogP contribution in [-0.2, 0) is 9.31 Å². The number of anilines is 1. The third-order valence-corrected chi connectivity index (χ3v) is 3.81. The van der Waals surface area contributed by atoms with Gasteiger partial charge in [0.05, 0.1) is 18.3 Å². The molecule has 0 atom stereocenters. The minimum atomic E-state index is -0.387. The molecular weight excluding hydrogens is 255 g/mol. The van der Waals surface area contributed by atoms with Gasteiger partial charge < -0.3 is 19.8 Å². The van der Waals surface area contributed by atoms with E-state index in [0.29, 0.717) is 11.7 Å². The average Bonchev–Trinajstić information content (AvgIpc) is 2.56. The monoisotopic (exact) mass is 276 g/mol. The summed E-state index contributed by atoms with van der Waals surface area (Å²) in [7, 11) is 1.18. The zero-order valence-electron chi connectivity index (χ0n) is 12.6. The molecule has 0 spiro atoms. The molecule has 0 amide bonds. The lowest BCUT2D eigenvalue weighted by atomic mass is 9.89. The molecule has 6 heteroatoms. The SMILES string of the molecule is COc1nc(N)ccc1/C=C/B1OC(C)(C)C(C)(C)O1. The number of rotatable bonds is 3. The Bertz CT molecular complexity index is 513. The second kappa shape index (κ2) is 5.11. The van der Waals surface area contributed by atoms with Crippen LogP contribution in [0.1, 0.15) is 33.3 Å². The van der Waals surface area contributed by atoms with E-state index in [9.17, 15) is 0 Å². The van der Waals surface area contributed by atoms with Crippen LogP contribution in [-0.4, -0.2) is 30.4 Å². The lowest BCUT2D eigenvalue weighted by Gasteiger charge is -2.32. The second-order valence-electron chi connectivity index (χ2n) is 5.82. The molecule has 1 saturated heterocycles. The van der Waals surface area contributed by atoms with Crippen molar-refractivity contribution < 1.29 is 14.0 Å². The number of nitrogen functional groups attached to an aromatic ring is 1. The summed E-state index contributed by atoms with van der Waals surface area (Å²) in [6.45, 7) is 8.08. The predicted octanol–water partition coefficient (Wildman–Crippen LogP) is 2.32. The van der Waals surface area contributed by atoms with E-state index in [0.717, 1.165) is 5.56 Å². The third kappa shape index (κ3) is 2.81. The van der Waals surface area contributed by atoms with Gasteiger partial charge in [-0.15, -0.1) is 0 Å². The Morgan fingerprint density at radius 1 is 1.20 bits per heavy atom. The number of hydrogen-bond donors (Lipinski definition) is 1. The fourth-order valence-corrected chi connectivity index (χ4v) is 1.91. The van der Waals surface area contributed by atoms with Crippen molar-refractivity contribution in [2.24, 2.45) is 0 Å². The molecule has 0 aromatic carbocycles. The quantitative estimate of drug-likeness (QED) is 0.858. The highest BCUT2D eigenvalue weighted by atomic mass is 16.7. The van der Waals surface area contributed by atoms with Gasteiger partial charge in [-0.2, -0.15) is 4.98 Å². The third-order valence-electron chi connectivity index (χ3n) is 3.81. The number of ether oxygens (including phenoxy) is 1. The number of hydrogen-bond acceptors (Lipinski definition) is 5. The molecule has 0 saturated carbocycles. The highest BCUT2D eigenvalue weighted by Gasteiger charge is 2.50. The van der Waals surface area contributed by atoms with Gasteiger partial charge in [-0.1, -0.05) is 12.1 Å². The average molecular weight is 276 g/mol. The minimum absolute atomic E-state index is 0.342. The highest BCUT2D eigenvalue weighted by Crippen LogP contribution is 2.37. The molecule has 1 aliphatic rings. The molecule has 1 aromatic heterocycles. The molecule has 2 N–H and O–H groups in total. The number of aromatic nitrogens is 1. The van der Waals surface area contributed by atoms with Crippen molar-refractivity contribution in [2.45, 2.75) is 38.9 Å². The van der Waals surface area contributed by atoms with E-state index in [4.69, 9.17) is 19.8 Å². The van der Waals surface area contributed by atoms with E-state index in [1.54, 1.807) is 13.2 Å². The van der Waals surface area contributed by atoms with Gasteiger partial charge in [-0.25, -0.2) is 0 Å². The maximum Gasteiger partial charge on any atom is 0.487 e. The Morgan fingerprint density at radius 3 is 2.35 bits per heavy atom. The molecule has 20 heavy (non-hydrogen) atoms. The number of nitrogens with zero attached hydrogens (tertiary/aromatic N) is 1. The Morgan fingerprint density at radius 2 is 1.80 bits per heavy atom. The van der Waals surface area contributed by atoms with Gasteiger partial charge in [-0.3, -0.25) is 0 Å². The zero-order chi connectivity index (χ0) is 15.0. The fraction of sp³-hybridized carbons (Fsp3) is 0.500. The Kier molecular flexibility index (Phi) is 3.80. The van der Waals surface area contributed by atoms with Gasteiger partial charge in [0.1, 0.15) is 5.82 Å². The number of nitrogens with two attached hydrogens (primary N) is 1. The van der Waals surface area contributed by atoms with Crippen molar-refractivity contribution in [1.29, 1.82) is 0 Å². The first-order chi connectivity index (χ1) is 9.25. The van der Waals surface area contributed by atoms with Crippen LogP contribution in [0.5, 0.6) is 5.88 Å². The van der Waals surface area contributed by atoms with E-state index in [-0.39, 0.29) is 18.3 Å². The van der Waals surface area contributed by atoms with Gasteiger partial charge >= 0.3 is 7.12 Å². The van der Waals surface area contributed by atoms with Crippen molar-refractivity contribution in [3.8, 4) is 5.88 Å². The molecule has 0 radical (unpaired) electrons. The lowest BCUT2D eigenvalue weighted by molar-refractivity contribution is 0.00578. The molecule has 108 valence electrons. The lowest BCUT2D eigenvalue weighted by Crippen LogP contribution is -2.41. The fourth-order valence-electron chi connectivity index (χ4n) is 1.91. The van der Waals surface area contributed by atoms with Crippen molar-refractivity contribution in [2.75, 3.05) is 12.8 Å². The van der Waals surface area contributed by atoms with E-state index in [1.807, 2.05) is 45.8 Å². The van der Waals surface area contributed by atoms with Gasteiger partial charge in [-0.05, 0) is 39.8 Å². The summed E-state index contributed by atoms with van der Waals surface area (Å²) >= 11 is 0. The predicted molar refractivity (Wildman–Crippen MR) is 80.3 cm³/mol.